The van der Waals surface area contributed by atoms with Crippen molar-refractivity contribution in [3.63, 3.8) is 0 Å². The van der Waals surface area contributed by atoms with Crippen LogP contribution >= 0.6 is 0 Å². The van der Waals surface area contributed by atoms with E-state index in [4.69, 9.17) is 0 Å². The first-order valence-electron chi connectivity index (χ1n) is 6.17. The number of benzene rings is 2. The SMILES string of the molecule is CS(=O)(=O)c1ccccc1Nc1ccc2[nH]ccc2c1. The minimum Gasteiger partial charge on any atom is -0.361 e. The molecule has 1 heterocycles. The van der Waals surface area contributed by atoms with Crippen LogP contribution in [-0.4, -0.2) is 19.7 Å². The molecule has 0 aliphatic heterocycles. The molecule has 0 aliphatic rings. The topological polar surface area (TPSA) is 62.0 Å². The van der Waals surface area contributed by atoms with Crippen LogP contribution in [0.3, 0.4) is 0 Å². The molecule has 0 aliphatic carbocycles. The Morgan fingerprint density at radius 3 is 2.65 bits per heavy atom. The Labute approximate surface area is 117 Å². The first kappa shape index (κ1) is 12.7. The van der Waals surface area contributed by atoms with Crippen molar-refractivity contribution in [3.8, 4) is 0 Å². The highest BCUT2D eigenvalue weighted by molar-refractivity contribution is 7.90. The summed E-state index contributed by atoms with van der Waals surface area (Å²) in [4.78, 5) is 3.42. The molecule has 3 aromatic rings. The van der Waals surface area contributed by atoms with Crippen LogP contribution in [-0.2, 0) is 9.84 Å². The molecule has 0 saturated carbocycles. The van der Waals surface area contributed by atoms with Gasteiger partial charge in [-0.1, -0.05) is 12.1 Å². The monoisotopic (exact) mass is 286 g/mol. The van der Waals surface area contributed by atoms with Gasteiger partial charge in [0.05, 0.1) is 10.6 Å². The van der Waals surface area contributed by atoms with E-state index in [0.717, 1.165) is 16.6 Å². The van der Waals surface area contributed by atoms with E-state index in [-0.39, 0.29) is 0 Å². The number of nitrogens with one attached hydrogen (secondary N) is 2. The predicted molar refractivity (Wildman–Crippen MR) is 81.1 cm³/mol. The average Bonchev–Trinajstić information content (AvgIpc) is 2.85. The number of sulfone groups is 1. The standard InChI is InChI=1S/C15H14N2O2S/c1-20(18,19)15-5-3-2-4-14(15)17-12-6-7-13-11(10-12)8-9-16-13/h2-10,16-17H,1H3. The van der Waals surface area contributed by atoms with Crippen molar-refractivity contribution in [1.29, 1.82) is 0 Å². The number of H-pyrrole nitrogens is 1. The third-order valence-electron chi connectivity index (χ3n) is 3.12. The fourth-order valence-corrected chi connectivity index (χ4v) is 3.02. The van der Waals surface area contributed by atoms with E-state index in [1.54, 1.807) is 18.2 Å². The zero-order valence-corrected chi connectivity index (χ0v) is 11.7. The van der Waals surface area contributed by atoms with Crippen molar-refractivity contribution in [2.45, 2.75) is 4.90 Å². The van der Waals surface area contributed by atoms with Crippen molar-refractivity contribution in [1.82, 2.24) is 4.98 Å². The molecule has 2 aromatic carbocycles. The second-order valence-electron chi connectivity index (χ2n) is 4.67. The van der Waals surface area contributed by atoms with Crippen LogP contribution in [0.25, 0.3) is 10.9 Å². The van der Waals surface area contributed by atoms with E-state index in [2.05, 4.69) is 10.3 Å². The van der Waals surface area contributed by atoms with Crippen LogP contribution in [0.4, 0.5) is 11.4 Å². The first-order chi connectivity index (χ1) is 9.54. The molecule has 0 saturated heterocycles. The normalized spacial score (nSPS) is 11.7. The van der Waals surface area contributed by atoms with Crippen molar-refractivity contribution < 1.29 is 8.42 Å². The van der Waals surface area contributed by atoms with E-state index in [1.165, 1.54) is 6.26 Å². The van der Waals surface area contributed by atoms with Gasteiger partial charge in [0.1, 0.15) is 0 Å². The van der Waals surface area contributed by atoms with Gasteiger partial charge in [0, 0.05) is 29.0 Å². The summed E-state index contributed by atoms with van der Waals surface area (Å²) < 4.78 is 23.5. The third kappa shape index (κ3) is 2.40. The molecule has 0 bridgehead atoms. The van der Waals surface area contributed by atoms with E-state index in [1.807, 2.05) is 36.5 Å². The Hall–Kier alpha value is -2.27. The van der Waals surface area contributed by atoms with Crippen LogP contribution in [0.1, 0.15) is 0 Å². The van der Waals surface area contributed by atoms with Gasteiger partial charge < -0.3 is 10.3 Å². The lowest BCUT2D eigenvalue weighted by Crippen LogP contribution is -2.02. The molecule has 102 valence electrons. The Bertz CT molecular complexity index is 866. The molecule has 5 heteroatoms. The number of fused-ring (bicyclic) bond motifs is 1. The van der Waals surface area contributed by atoms with Gasteiger partial charge in [0.25, 0.3) is 0 Å². The molecule has 0 fully saturated rings. The lowest BCUT2D eigenvalue weighted by Gasteiger charge is -2.10. The Morgan fingerprint density at radius 1 is 1.05 bits per heavy atom. The number of anilines is 2. The van der Waals surface area contributed by atoms with Crippen LogP contribution < -0.4 is 5.32 Å². The summed E-state index contributed by atoms with van der Waals surface area (Å²) in [7, 11) is -3.25. The van der Waals surface area contributed by atoms with Gasteiger partial charge in [-0.25, -0.2) is 8.42 Å². The molecule has 0 atom stereocenters. The van der Waals surface area contributed by atoms with Gasteiger partial charge >= 0.3 is 0 Å². The first-order valence-corrected chi connectivity index (χ1v) is 8.06. The van der Waals surface area contributed by atoms with E-state index < -0.39 is 9.84 Å². The Kier molecular flexibility index (Phi) is 2.99. The van der Waals surface area contributed by atoms with Crippen molar-refractivity contribution in [2.75, 3.05) is 11.6 Å². The molecule has 4 nitrogen and oxygen atoms in total. The van der Waals surface area contributed by atoms with Crippen molar-refractivity contribution in [2.24, 2.45) is 0 Å². The van der Waals surface area contributed by atoms with Gasteiger partial charge in [-0.2, -0.15) is 0 Å². The quantitative estimate of drug-likeness (QED) is 0.776. The molecule has 3 rings (SSSR count). The van der Waals surface area contributed by atoms with Gasteiger partial charge in [0.15, 0.2) is 9.84 Å². The van der Waals surface area contributed by atoms with Gasteiger partial charge in [0.2, 0.25) is 0 Å². The maximum atomic E-state index is 11.8. The van der Waals surface area contributed by atoms with Crippen molar-refractivity contribution in [3.05, 3.63) is 54.7 Å². The molecular weight excluding hydrogens is 272 g/mol. The lowest BCUT2D eigenvalue weighted by atomic mass is 10.2. The van der Waals surface area contributed by atoms with Crippen LogP contribution in [0.2, 0.25) is 0 Å². The molecular formula is C15H14N2O2S. The lowest BCUT2D eigenvalue weighted by molar-refractivity contribution is 0.602. The second-order valence-corrected chi connectivity index (χ2v) is 6.66. The molecule has 20 heavy (non-hydrogen) atoms. The molecule has 0 amide bonds. The third-order valence-corrected chi connectivity index (χ3v) is 4.27. The highest BCUT2D eigenvalue weighted by Crippen LogP contribution is 2.26. The summed E-state index contributed by atoms with van der Waals surface area (Å²) in [6.07, 6.45) is 3.09. The minimum atomic E-state index is -3.25. The molecule has 1 aromatic heterocycles. The summed E-state index contributed by atoms with van der Waals surface area (Å²) in [5.41, 5.74) is 2.49. The average molecular weight is 286 g/mol. The van der Waals surface area contributed by atoms with Crippen LogP contribution in [0.5, 0.6) is 0 Å². The highest BCUT2D eigenvalue weighted by atomic mass is 32.2. The molecule has 0 unspecified atom stereocenters. The number of aromatic nitrogens is 1. The van der Waals surface area contributed by atoms with E-state index in [0.29, 0.717) is 10.6 Å². The van der Waals surface area contributed by atoms with E-state index >= 15 is 0 Å². The molecule has 0 spiro atoms. The summed E-state index contributed by atoms with van der Waals surface area (Å²) in [6, 6.07) is 14.7. The largest absolute Gasteiger partial charge is 0.361 e. The fraction of sp³-hybridized carbons (Fsp3) is 0.0667. The predicted octanol–water partition coefficient (Wildman–Crippen LogP) is 3.32. The van der Waals surface area contributed by atoms with Gasteiger partial charge in [-0.15, -0.1) is 0 Å². The summed E-state index contributed by atoms with van der Waals surface area (Å²) >= 11 is 0. The summed E-state index contributed by atoms with van der Waals surface area (Å²) in [5, 5.41) is 4.24. The number of hydrogen-bond donors (Lipinski definition) is 2. The maximum Gasteiger partial charge on any atom is 0.177 e. The van der Waals surface area contributed by atoms with Gasteiger partial charge in [-0.3, -0.25) is 0 Å². The smallest absolute Gasteiger partial charge is 0.177 e. The molecule has 0 radical (unpaired) electrons. The second kappa shape index (κ2) is 4.68. The zero-order chi connectivity index (χ0) is 14.2. The van der Waals surface area contributed by atoms with Gasteiger partial charge in [-0.05, 0) is 36.4 Å². The van der Waals surface area contributed by atoms with Crippen LogP contribution in [0.15, 0.2) is 59.6 Å². The Balaban J connectivity index is 2.02. The number of aromatic amines is 1. The minimum absolute atomic E-state index is 0.300. The number of para-hydroxylation sites is 1. The number of rotatable bonds is 3. The zero-order valence-electron chi connectivity index (χ0n) is 10.9. The van der Waals surface area contributed by atoms with Crippen LogP contribution in [0, 0.1) is 0 Å². The molecule has 2 N–H and O–H groups in total. The Morgan fingerprint density at radius 2 is 1.85 bits per heavy atom. The summed E-state index contributed by atoms with van der Waals surface area (Å²) in [5.74, 6) is 0. The van der Waals surface area contributed by atoms with E-state index in [9.17, 15) is 8.42 Å². The number of hydrogen-bond acceptors (Lipinski definition) is 3. The fourth-order valence-electron chi connectivity index (χ4n) is 2.18. The maximum absolute atomic E-state index is 11.8. The summed E-state index contributed by atoms with van der Waals surface area (Å²) in [6.45, 7) is 0. The van der Waals surface area contributed by atoms with Crippen molar-refractivity contribution >= 4 is 32.1 Å². The highest BCUT2D eigenvalue weighted by Gasteiger charge is 2.12.